The van der Waals surface area contributed by atoms with E-state index in [0.29, 0.717) is 16.9 Å². The summed E-state index contributed by atoms with van der Waals surface area (Å²) < 4.78 is 16.4. The highest BCUT2D eigenvalue weighted by Gasteiger charge is 2.46. The zero-order valence-electron chi connectivity index (χ0n) is 18.8. The highest BCUT2D eigenvalue weighted by molar-refractivity contribution is 7.10. The summed E-state index contributed by atoms with van der Waals surface area (Å²) in [5.41, 5.74) is 2.56. The number of anilines is 1. The van der Waals surface area contributed by atoms with E-state index in [2.05, 4.69) is 0 Å². The Morgan fingerprint density at radius 3 is 2.77 bits per heavy atom. The second-order valence-electron chi connectivity index (χ2n) is 8.44. The SMILES string of the molecule is Cc1ccc(N2C(=O)C[C@H](C(=O)OCc3cc([N+](=O)[O-])cc4c3OCOC4)[C@H]2c2cccs2)cc1. The van der Waals surface area contributed by atoms with Crippen molar-refractivity contribution >= 4 is 34.6 Å². The summed E-state index contributed by atoms with van der Waals surface area (Å²) in [6.45, 7) is 1.93. The summed E-state index contributed by atoms with van der Waals surface area (Å²) in [5.74, 6) is -1.00. The predicted molar refractivity (Wildman–Crippen MR) is 127 cm³/mol. The first-order chi connectivity index (χ1) is 16.9. The molecule has 1 fully saturated rings. The number of thiophene rings is 1. The van der Waals surface area contributed by atoms with Gasteiger partial charge in [-0.15, -0.1) is 11.3 Å². The number of fused-ring (bicyclic) bond motifs is 1. The van der Waals surface area contributed by atoms with Crippen molar-refractivity contribution in [2.75, 3.05) is 11.7 Å². The van der Waals surface area contributed by atoms with E-state index in [4.69, 9.17) is 14.2 Å². The fourth-order valence-corrected chi connectivity index (χ4v) is 5.37. The smallest absolute Gasteiger partial charge is 0.312 e. The molecule has 0 unspecified atom stereocenters. The first-order valence-corrected chi connectivity index (χ1v) is 11.9. The molecule has 1 saturated heterocycles. The predicted octanol–water partition coefficient (Wildman–Crippen LogP) is 4.67. The van der Waals surface area contributed by atoms with Gasteiger partial charge >= 0.3 is 5.97 Å². The number of hydrogen-bond acceptors (Lipinski definition) is 8. The number of ether oxygens (including phenoxy) is 3. The number of non-ortho nitro benzene ring substituents is 1. The molecule has 9 nitrogen and oxygen atoms in total. The molecular formula is C25H22N2O7S. The van der Waals surface area contributed by atoms with Crippen molar-refractivity contribution in [2.45, 2.75) is 32.6 Å². The topological polar surface area (TPSA) is 108 Å². The van der Waals surface area contributed by atoms with E-state index in [-0.39, 0.29) is 38.0 Å². The zero-order valence-corrected chi connectivity index (χ0v) is 19.7. The molecule has 2 atom stereocenters. The van der Waals surface area contributed by atoms with Crippen molar-refractivity contribution < 1.29 is 28.7 Å². The average molecular weight is 495 g/mol. The average Bonchev–Trinajstić information content (AvgIpc) is 3.50. The third-order valence-electron chi connectivity index (χ3n) is 6.12. The number of carbonyl (C=O) groups excluding carboxylic acids is 2. The number of carbonyl (C=O) groups is 2. The minimum Gasteiger partial charge on any atom is -0.467 e. The Hall–Kier alpha value is -3.76. The molecule has 0 aliphatic carbocycles. The number of aryl methyl sites for hydroxylation is 1. The van der Waals surface area contributed by atoms with Crippen LogP contribution in [0.2, 0.25) is 0 Å². The van der Waals surface area contributed by atoms with Gasteiger partial charge < -0.3 is 19.1 Å². The van der Waals surface area contributed by atoms with Gasteiger partial charge in [0.15, 0.2) is 6.79 Å². The van der Waals surface area contributed by atoms with E-state index in [1.165, 1.54) is 23.5 Å². The maximum atomic E-state index is 13.3. The van der Waals surface area contributed by atoms with Gasteiger partial charge in [-0.05, 0) is 30.5 Å². The van der Waals surface area contributed by atoms with E-state index in [1.54, 1.807) is 4.90 Å². The fourth-order valence-electron chi connectivity index (χ4n) is 4.49. The van der Waals surface area contributed by atoms with Crippen molar-refractivity contribution in [1.29, 1.82) is 0 Å². The number of hydrogen-bond donors (Lipinski definition) is 0. The van der Waals surface area contributed by atoms with Crippen LogP contribution >= 0.6 is 11.3 Å². The Morgan fingerprint density at radius 2 is 2.06 bits per heavy atom. The molecule has 2 aromatic carbocycles. The summed E-state index contributed by atoms with van der Waals surface area (Å²) in [7, 11) is 0. The van der Waals surface area contributed by atoms with Crippen LogP contribution in [0.25, 0.3) is 0 Å². The number of nitrogens with zero attached hydrogens (tertiary/aromatic N) is 2. The van der Waals surface area contributed by atoms with Crippen LogP contribution in [-0.2, 0) is 32.3 Å². The van der Waals surface area contributed by atoms with Crippen LogP contribution in [0.4, 0.5) is 11.4 Å². The zero-order chi connectivity index (χ0) is 24.5. The van der Waals surface area contributed by atoms with Gasteiger partial charge in [-0.2, -0.15) is 0 Å². The molecule has 0 saturated carbocycles. The molecule has 0 bridgehead atoms. The quantitative estimate of drug-likeness (QED) is 0.278. The van der Waals surface area contributed by atoms with Gasteiger partial charge in [0.25, 0.3) is 5.69 Å². The summed E-state index contributed by atoms with van der Waals surface area (Å²) in [5, 5.41) is 13.3. The molecule has 2 aliphatic rings. The number of nitro groups is 1. The molecule has 180 valence electrons. The van der Waals surface area contributed by atoms with Crippen LogP contribution in [0.15, 0.2) is 53.9 Å². The van der Waals surface area contributed by atoms with Gasteiger partial charge in [0.1, 0.15) is 12.4 Å². The molecule has 2 aliphatic heterocycles. The maximum Gasteiger partial charge on any atom is 0.312 e. The van der Waals surface area contributed by atoms with Crippen LogP contribution < -0.4 is 9.64 Å². The first-order valence-electron chi connectivity index (χ1n) is 11.0. The minimum atomic E-state index is -0.721. The van der Waals surface area contributed by atoms with Crippen molar-refractivity contribution in [1.82, 2.24) is 0 Å². The molecule has 0 radical (unpaired) electrons. The molecular weight excluding hydrogens is 472 g/mol. The van der Waals surface area contributed by atoms with Crippen LogP contribution in [-0.4, -0.2) is 23.6 Å². The second kappa shape index (κ2) is 9.47. The molecule has 1 aromatic heterocycles. The van der Waals surface area contributed by atoms with Gasteiger partial charge in [-0.3, -0.25) is 19.7 Å². The van der Waals surface area contributed by atoms with Crippen LogP contribution in [0.1, 0.15) is 34.0 Å². The van der Waals surface area contributed by atoms with E-state index >= 15 is 0 Å². The second-order valence-corrected chi connectivity index (χ2v) is 9.42. The summed E-state index contributed by atoms with van der Waals surface area (Å²) in [6.07, 6.45) is 0.00661. The van der Waals surface area contributed by atoms with Gasteiger partial charge in [0, 0.05) is 40.2 Å². The Labute approximate surface area is 205 Å². The lowest BCUT2D eigenvalue weighted by atomic mass is 9.98. The number of nitro benzene ring substituents is 1. The lowest BCUT2D eigenvalue weighted by Crippen LogP contribution is -2.30. The maximum absolute atomic E-state index is 13.3. The van der Waals surface area contributed by atoms with Crippen LogP contribution in [0.5, 0.6) is 5.75 Å². The monoisotopic (exact) mass is 494 g/mol. The molecule has 10 heteroatoms. The molecule has 3 heterocycles. The van der Waals surface area contributed by atoms with Crippen LogP contribution in [0.3, 0.4) is 0 Å². The lowest BCUT2D eigenvalue weighted by Gasteiger charge is -2.27. The van der Waals surface area contributed by atoms with Crippen molar-refractivity contribution in [3.63, 3.8) is 0 Å². The molecule has 0 N–H and O–H groups in total. The number of rotatable bonds is 6. The lowest BCUT2D eigenvalue weighted by molar-refractivity contribution is -0.385. The van der Waals surface area contributed by atoms with Gasteiger partial charge in [0.2, 0.25) is 5.91 Å². The molecule has 5 rings (SSSR count). The van der Waals surface area contributed by atoms with E-state index < -0.39 is 22.9 Å². The molecule has 0 spiro atoms. The Morgan fingerprint density at radius 1 is 1.26 bits per heavy atom. The number of amides is 1. The van der Waals surface area contributed by atoms with Crippen molar-refractivity contribution in [3.05, 3.63) is 85.6 Å². The molecule has 3 aromatic rings. The largest absolute Gasteiger partial charge is 0.467 e. The minimum absolute atomic E-state index is 0.00661. The Kier molecular flexibility index (Phi) is 6.23. The highest BCUT2D eigenvalue weighted by atomic mass is 32.1. The standard InChI is InChI=1S/C25H22N2O7S/c1-15-4-6-18(7-5-15)26-22(28)11-20(23(26)21-3-2-8-35-21)25(29)33-13-17-10-19(27(30)31)9-16-12-32-14-34-24(16)17/h2-10,20,23H,11-14H2,1H3/t20-,23-/m0/s1. The third-order valence-corrected chi connectivity index (χ3v) is 7.07. The van der Waals surface area contributed by atoms with Crippen LogP contribution in [0, 0.1) is 23.0 Å². The normalized spacial score (nSPS) is 19.2. The summed E-state index contributed by atoms with van der Waals surface area (Å²) in [6, 6.07) is 13.6. The number of esters is 1. The highest BCUT2D eigenvalue weighted by Crippen LogP contribution is 2.44. The van der Waals surface area contributed by atoms with E-state index in [0.717, 1.165) is 16.1 Å². The van der Waals surface area contributed by atoms with Crippen molar-refractivity contribution in [3.8, 4) is 5.75 Å². The van der Waals surface area contributed by atoms with E-state index in [1.807, 2.05) is 48.7 Å². The summed E-state index contributed by atoms with van der Waals surface area (Å²) >= 11 is 1.47. The third kappa shape index (κ3) is 4.50. The summed E-state index contributed by atoms with van der Waals surface area (Å²) in [4.78, 5) is 39.8. The molecule has 35 heavy (non-hydrogen) atoms. The first kappa shape index (κ1) is 23.0. The fraction of sp³-hybridized carbons (Fsp3) is 0.280. The number of benzene rings is 2. The van der Waals surface area contributed by atoms with Gasteiger partial charge in [0.05, 0.1) is 23.5 Å². The Bertz CT molecular complexity index is 1270. The van der Waals surface area contributed by atoms with Gasteiger partial charge in [-0.1, -0.05) is 23.8 Å². The molecule has 1 amide bonds. The van der Waals surface area contributed by atoms with E-state index in [9.17, 15) is 19.7 Å². The van der Waals surface area contributed by atoms with Crippen molar-refractivity contribution in [2.24, 2.45) is 5.92 Å². The van der Waals surface area contributed by atoms with Gasteiger partial charge in [-0.25, -0.2) is 0 Å². The Balaban J connectivity index is 1.41.